The Labute approximate surface area is 130 Å². The van der Waals surface area contributed by atoms with E-state index < -0.39 is 10.0 Å². The van der Waals surface area contributed by atoms with E-state index in [-0.39, 0.29) is 10.8 Å². The number of fused-ring (bicyclic) bond motifs is 1. The summed E-state index contributed by atoms with van der Waals surface area (Å²) in [5.74, 6) is -0.0187. The lowest BCUT2D eigenvalue weighted by molar-refractivity contribution is -0.886. The number of benzene rings is 1. The topological polar surface area (TPSA) is 79.7 Å². The first-order valence-electron chi connectivity index (χ1n) is 7.81. The standard InChI is InChI=1S/C15H21N3O3S/c19-15-6-3-12-11-13(4-5-14(12)17-15)22(20,21)16-7-10-18-8-1-2-9-18/h4-5,11,16H,1-3,6-10H2,(H,17,19)/p+1. The van der Waals surface area contributed by atoms with Gasteiger partial charge >= 0.3 is 0 Å². The quantitative estimate of drug-likeness (QED) is 0.685. The van der Waals surface area contributed by atoms with Crippen molar-refractivity contribution in [3.63, 3.8) is 0 Å². The maximum Gasteiger partial charge on any atom is 0.240 e. The van der Waals surface area contributed by atoms with Gasteiger partial charge in [0.25, 0.3) is 0 Å². The van der Waals surface area contributed by atoms with Crippen LogP contribution < -0.4 is 14.9 Å². The van der Waals surface area contributed by atoms with Crippen LogP contribution in [0.4, 0.5) is 5.69 Å². The van der Waals surface area contributed by atoms with Gasteiger partial charge in [-0.3, -0.25) is 4.79 Å². The molecule has 1 aromatic carbocycles. The molecule has 1 fully saturated rings. The minimum atomic E-state index is -3.48. The van der Waals surface area contributed by atoms with E-state index in [0.717, 1.165) is 30.9 Å². The fraction of sp³-hybridized carbons (Fsp3) is 0.533. The van der Waals surface area contributed by atoms with Crippen LogP contribution in [0.5, 0.6) is 0 Å². The second-order valence-electron chi connectivity index (χ2n) is 5.97. The number of anilines is 1. The maximum absolute atomic E-state index is 12.3. The SMILES string of the molecule is O=C1CCc2cc(S(=O)(=O)NCC[NH+]3CCCC3)ccc2N1. The van der Waals surface area contributed by atoms with E-state index in [9.17, 15) is 13.2 Å². The van der Waals surface area contributed by atoms with E-state index in [1.165, 1.54) is 17.7 Å². The number of sulfonamides is 1. The summed E-state index contributed by atoms with van der Waals surface area (Å²) in [6.45, 7) is 3.58. The highest BCUT2D eigenvalue weighted by atomic mass is 32.2. The van der Waals surface area contributed by atoms with E-state index >= 15 is 0 Å². The normalized spacial score (nSPS) is 19.0. The van der Waals surface area contributed by atoms with Gasteiger partial charge in [-0.1, -0.05) is 0 Å². The van der Waals surface area contributed by atoms with Crippen molar-refractivity contribution in [3.05, 3.63) is 23.8 Å². The fourth-order valence-corrected chi connectivity index (χ4v) is 4.18. The summed E-state index contributed by atoms with van der Waals surface area (Å²) in [5, 5.41) is 2.76. The van der Waals surface area contributed by atoms with Crippen LogP contribution in [0.3, 0.4) is 0 Å². The molecule has 0 unspecified atom stereocenters. The molecule has 120 valence electrons. The summed E-state index contributed by atoms with van der Waals surface area (Å²) < 4.78 is 27.4. The molecule has 3 rings (SSSR count). The van der Waals surface area contributed by atoms with Gasteiger partial charge in [0.05, 0.1) is 31.1 Å². The summed E-state index contributed by atoms with van der Waals surface area (Å²) in [7, 11) is -3.48. The van der Waals surface area contributed by atoms with Gasteiger partial charge in [0, 0.05) is 24.9 Å². The van der Waals surface area contributed by atoms with E-state index in [2.05, 4.69) is 10.0 Å². The van der Waals surface area contributed by atoms with Crippen LogP contribution in [-0.4, -0.2) is 40.5 Å². The Morgan fingerprint density at radius 1 is 1.18 bits per heavy atom. The third-order valence-electron chi connectivity index (χ3n) is 4.36. The second kappa shape index (κ2) is 6.36. The molecule has 0 atom stereocenters. The molecule has 2 heterocycles. The van der Waals surface area contributed by atoms with Gasteiger partial charge in [-0.2, -0.15) is 0 Å². The lowest BCUT2D eigenvalue weighted by Crippen LogP contribution is -3.10. The van der Waals surface area contributed by atoms with Gasteiger partial charge in [0.1, 0.15) is 0 Å². The van der Waals surface area contributed by atoms with Crippen molar-refractivity contribution in [2.45, 2.75) is 30.6 Å². The summed E-state index contributed by atoms with van der Waals surface area (Å²) in [4.78, 5) is 13.1. The number of rotatable bonds is 5. The Bertz CT molecular complexity index is 667. The zero-order valence-corrected chi connectivity index (χ0v) is 13.3. The highest BCUT2D eigenvalue weighted by Gasteiger charge is 2.21. The summed E-state index contributed by atoms with van der Waals surface area (Å²) >= 11 is 0. The molecule has 1 saturated heterocycles. The lowest BCUT2D eigenvalue weighted by atomic mass is 10.0. The zero-order valence-electron chi connectivity index (χ0n) is 12.5. The van der Waals surface area contributed by atoms with Crippen molar-refractivity contribution in [2.24, 2.45) is 0 Å². The summed E-state index contributed by atoms with van der Waals surface area (Å²) in [6, 6.07) is 4.89. The van der Waals surface area contributed by atoms with Gasteiger partial charge in [-0.25, -0.2) is 13.1 Å². The van der Waals surface area contributed by atoms with Crippen molar-refractivity contribution in [1.29, 1.82) is 0 Å². The van der Waals surface area contributed by atoms with Crippen LogP contribution in [0.15, 0.2) is 23.1 Å². The molecule has 0 bridgehead atoms. The third kappa shape index (κ3) is 3.48. The van der Waals surface area contributed by atoms with Crippen molar-refractivity contribution in [1.82, 2.24) is 4.72 Å². The van der Waals surface area contributed by atoms with E-state index in [1.807, 2.05) is 0 Å². The first-order valence-corrected chi connectivity index (χ1v) is 9.29. The number of carbonyl (C=O) groups excluding carboxylic acids is 1. The number of amides is 1. The van der Waals surface area contributed by atoms with Crippen LogP contribution in [0, 0.1) is 0 Å². The van der Waals surface area contributed by atoms with Crippen LogP contribution >= 0.6 is 0 Å². The Morgan fingerprint density at radius 3 is 2.73 bits per heavy atom. The molecule has 0 aliphatic carbocycles. The Hall–Kier alpha value is -1.44. The molecule has 2 aliphatic rings. The molecule has 7 heteroatoms. The van der Waals surface area contributed by atoms with Gasteiger partial charge in [0.2, 0.25) is 15.9 Å². The molecule has 2 aliphatic heterocycles. The molecule has 22 heavy (non-hydrogen) atoms. The van der Waals surface area contributed by atoms with Crippen LogP contribution in [0.2, 0.25) is 0 Å². The minimum absolute atomic E-state index is 0.0187. The molecule has 0 aromatic heterocycles. The predicted octanol–water partition coefficient (Wildman–Crippen LogP) is -0.472. The number of carbonyl (C=O) groups is 1. The Balaban J connectivity index is 1.65. The number of nitrogens with one attached hydrogen (secondary N) is 3. The molecule has 0 radical (unpaired) electrons. The van der Waals surface area contributed by atoms with Crippen molar-refractivity contribution in [3.8, 4) is 0 Å². The highest BCUT2D eigenvalue weighted by molar-refractivity contribution is 7.89. The smallest absolute Gasteiger partial charge is 0.240 e. The molecule has 6 nitrogen and oxygen atoms in total. The van der Waals surface area contributed by atoms with Gasteiger partial charge in [-0.15, -0.1) is 0 Å². The lowest BCUT2D eigenvalue weighted by Gasteiger charge is -2.18. The molecule has 3 N–H and O–H groups in total. The zero-order chi connectivity index (χ0) is 15.6. The Kier molecular flexibility index (Phi) is 4.46. The van der Waals surface area contributed by atoms with Crippen molar-refractivity contribution in [2.75, 3.05) is 31.5 Å². The average Bonchev–Trinajstić information content (AvgIpc) is 2.99. The fourth-order valence-electron chi connectivity index (χ4n) is 3.10. The molecule has 1 amide bonds. The van der Waals surface area contributed by atoms with Crippen molar-refractivity contribution >= 4 is 21.6 Å². The molecule has 0 saturated carbocycles. The van der Waals surface area contributed by atoms with Crippen LogP contribution in [-0.2, 0) is 21.2 Å². The number of hydrogen-bond donors (Lipinski definition) is 3. The van der Waals surface area contributed by atoms with Crippen LogP contribution in [0.25, 0.3) is 0 Å². The average molecular weight is 324 g/mol. The van der Waals surface area contributed by atoms with Gasteiger partial charge in [-0.05, 0) is 30.2 Å². The van der Waals surface area contributed by atoms with Crippen LogP contribution in [0.1, 0.15) is 24.8 Å². The van der Waals surface area contributed by atoms with E-state index in [0.29, 0.717) is 19.4 Å². The number of quaternary nitrogens is 1. The van der Waals surface area contributed by atoms with Gasteiger partial charge < -0.3 is 10.2 Å². The first kappa shape index (κ1) is 15.5. The molecule has 1 aromatic rings. The molecule has 0 spiro atoms. The monoisotopic (exact) mass is 324 g/mol. The van der Waals surface area contributed by atoms with E-state index in [4.69, 9.17) is 0 Å². The predicted molar refractivity (Wildman–Crippen MR) is 83.4 cm³/mol. The maximum atomic E-state index is 12.3. The highest BCUT2D eigenvalue weighted by Crippen LogP contribution is 2.25. The van der Waals surface area contributed by atoms with E-state index in [1.54, 1.807) is 18.2 Å². The number of hydrogen-bond acceptors (Lipinski definition) is 3. The Morgan fingerprint density at radius 2 is 1.95 bits per heavy atom. The summed E-state index contributed by atoms with van der Waals surface area (Å²) in [6.07, 6.45) is 3.46. The third-order valence-corrected chi connectivity index (χ3v) is 5.82. The number of aryl methyl sites for hydroxylation is 1. The van der Waals surface area contributed by atoms with Crippen molar-refractivity contribution < 1.29 is 18.1 Å². The number of likely N-dealkylation sites (tertiary alicyclic amines) is 1. The first-order chi connectivity index (χ1) is 10.5. The molecular formula is C15H22N3O3S+. The van der Waals surface area contributed by atoms with Gasteiger partial charge in [0.15, 0.2) is 0 Å². The summed E-state index contributed by atoms with van der Waals surface area (Å²) in [5.41, 5.74) is 1.60. The second-order valence-corrected chi connectivity index (χ2v) is 7.74. The molecular weight excluding hydrogens is 302 g/mol. The largest absolute Gasteiger partial charge is 0.334 e. The minimum Gasteiger partial charge on any atom is -0.334 e.